The summed E-state index contributed by atoms with van der Waals surface area (Å²) in [5.74, 6) is 1.33. The van der Waals surface area contributed by atoms with Crippen molar-refractivity contribution in [1.29, 1.82) is 0 Å². The van der Waals surface area contributed by atoms with Crippen LogP contribution < -0.4 is 9.47 Å². The lowest BCUT2D eigenvalue weighted by Crippen LogP contribution is -2.34. The minimum atomic E-state index is -0.0131. The van der Waals surface area contributed by atoms with Gasteiger partial charge in [-0.15, -0.1) is 0 Å². The number of nitrogens with zero attached hydrogens (tertiary/aromatic N) is 3. The lowest BCUT2D eigenvalue weighted by molar-refractivity contribution is 0.0746. The lowest BCUT2D eigenvalue weighted by atomic mass is 10.1. The van der Waals surface area contributed by atoms with Crippen molar-refractivity contribution in [1.82, 2.24) is 14.7 Å². The molecular weight excluding hydrogens is 402 g/mol. The molecule has 1 aromatic heterocycles. The quantitative estimate of drug-likeness (QED) is 0.449. The van der Waals surface area contributed by atoms with E-state index in [2.05, 4.69) is 32.0 Å². The SMILES string of the molecule is CCCN(CCC)C(=O)c1cc(-c2ccc(OC)cc2OC)nn1-c1cc(C)ccc1C. The molecule has 6 heteroatoms. The molecule has 0 radical (unpaired) electrons. The Morgan fingerprint density at radius 2 is 1.69 bits per heavy atom. The molecule has 0 saturated heterocycles. The molecule has 0 spiro atoms. The molecule has 3 rings (SSSR count). The number of amides is 1. The van der Waals surface area contributed by atoms with Crippen molar-refractivity contribution >= 4 is 5.91 Å². The van der Waals surface area contributed by atoms with E-state index in [1.54, 1.807) is 18.9 Å². The zero-order valence-corrected chi connectivity index (χ0v) is 19.9. The predicted molar refractivity (Wildman–Crippen MR) is 128 cm³/mol. The van der Waals surface area contributed by atoms with Gasteiger partial charge in [0.2, 0.25) is 0 Å². The molecule has 1 amide bonds. The molecule has 0 fully saturated rings. The van der Waals surface area contributed by atoms with Crippen molar-refractivity contribution < 1.29 is 14.3 Å². The van der Waals surface area contributed by atoms with Crippen LogP contribution in [0.2, 0.25) is 0 Å². The number of aryl methyl sites for hydroxylation is 2. The molecule has 0 bridgehead atoms. The van der Waals surface area contributed by atoms with E-state index in [0.717, 1.165) is 35.2 Å². The third-order valence-corrected chi connectivity index (χ3v) is 5.48. The molecule has 2 aromatic carbocycles. The second-order valence-corrected chi connectivity index (χ2v) is 7.97. The first-order chi connectivity index (χ1) is 15.4. The maximum atomic E-state index is 13.6. The average molecular weight is 436 g/mol. The molecule has 0 aliphatic carbocycles. The fraction of sp³-hybridized carbons (Fsp3) is 0.385. The maximum Gasteiger partial charge on any atom is 0.272 e. The Balaban J connectivity index is 2.20. The lowest BCUT2D eigenvalue weighted by Gasteiger charge is -2.22. The van der Waals surface area contributed by atoms with E-state index in [-0.39, 0.29) is 5.91 Å². The molecule has 0 saturated carbocycles. The third kappa shape index (κ3) is 4.79. The Bertz CT molecular complexity index is 1080. The van der Waals surface area contributed by atoms with Crippen LogP contribution in [0, 0.1) is 13.8 Å². The Morgan fingerprint density at radius 3 is 2.31 bits per heavy atom. The molecule has 170 valence electrons. The van der Waals surface area contributed by atoms with E-state index in [1.807, 2.05) is 43.0 Å². The number of aromatic nitrogens is 2. The van der Waals surface area contributed by atoms with Crippen molar-refractivity contribution in [2.75, 3.05) is 27.3 Å². The number of hydrogen-bond donors (Lipinski definition) is 0. The standard InChI is InChI=1S/C26H33N3O3/c1-7-13-28(14-8-2)26(30)24-17-22(21-12-11-20(31-5)16-25(21)32-6)27-29(24)23-15-18(3)9-10-19(23)4/h9-12,15-17H,7-8,13-14H2,1-6H3. The summed E-state index contributed by atoms with van der Waals surface area (Å²) in [7, 11) is 3.24. The molecule has 0 aliphatic rings. The first kappa shape index (κ1) is 23.4. The summed E-state index contributed by atoms with van der Waals surface area (Å²) in [6.45, 7) is 9.69. The number of rotatable bonds is 9. The van der Waals surface area contributed by atoms with Gasteiger partial charge in [-0.3, -0.25) is 4.79 Å². The molecule has 0 aliphatic heterocycles. The van der Waals surface area contributed by atoms with E-state index < -0.39 is 0 Å². The van der Waals surface area contributed by atoms with Crippen LogP contribution in [0.3, 0.4) is 0 Å². The third-order valence-electron chi connectivity index (χ3n) is 5.48. The van der Waals surface area contributed by atoms with Crippen molar-refractivity contribution in [2.24, 2.45) is 0 Å². The van der Waals surface area contributed by atoms with Gasteiger partial charge in [-0.25, -0.2) is 4.68 Å². The van der Waals surface area contributed by atoms with Gasteiger partial charge in [0, 0.05) is 24.7 Å². The van der Waals surface area contributed by atoms with E-state index in [1.165, 1.54) is 0 Å². The predicted octanol–water partition coefficient (Wildman–Crippen LogP) is 5.44. The molecule has 1 heterocycles. The van der Waals surface area contributed by atoms with Gasteiger partial charge in [0.15, 0.2) is 0 Å². The van der Waals surface area contributed by atoms with Gasteiger partial charge >= 0.3 is 0 Å². The normalized spacial score (nSPS) is 10.8. The van der Waals surface area contributed by atoms with Crippen molar-refractivity contribution in [3.63, 3.8) is 0 Å². The van der Waals surface area contributed by atoms with Crippen molar-refractivity contribution in [2.45, 2.75) is 40.5 Å². The highest BCUT2D eigenvalue weighted by Gasteiger charge is 2.24. The average Bonchev–Trinajstić information content (AvgIpc) is 3.24. The zero-order chi connectivity index (χ0) is 23.3. The van der Waals surface area contributed by atoms with E-state index >= 15 is 0 Å². The minimum absolute atomic E-state index is 0.0131. The summed E-state index contributed by atoms with van der Waals surface area (Å²) in [6.07, 6.45) is 1.81. The maximum absolute atomic E-state index is 13.6. The number of carbonyl (C=O) groups is 1. The van der Waals surface area contributed by atoms with Crippen LogP contribution in [0.4, 0.5) is 0 Å². The fourth-order valence-corrected chi connectivity index (χ4v) is 3.82. The first-order valence-corrected chi connectivity index (χ1v) is 11.1. The molecule has 0 unspecified atom stereocenters. The van der Waals surface area contributed by atoms with E-state index in [0.29, 0.717) is 36.0 Å². The van der Waals surface area contributed by atoms with E-state index in [4.69, 9.17) is 14.6 Å². The van der Waals surface area contributed by atoms with Gasteiger partial charge in [0.1, 0.15) is 17.2 Å². The van der Waals surface area contributed by atoms with Crippen molar-refractivity contribution in [3.8, 4) is 28.4 Å². The number of ether oxygens (including phenoxy) is 2. The molecule has 0 atom stereocenters. The number of methoxy groups -OCH3 is 2. The van der Waals surface area contributed by atoms with Gasteiger partial charge in [0.05, 0.1) is 25.6 Å². The second kappa shape index (κ2) is 10.4. The number of carbonyl (C=O) groups excluding carboxylic acids is 1. The minimum Gasteiger partial charge on any atom is -0.497 e. The van der Waals surface area contributed by atoms with Crippen LogP contribution in [-0.4, -0.2) is 47.9 Å². The monoisotopic (exact) mass is 435 g/mol. The topological polar surface area (TPSA) is 56.6 Å². The summed E-state index contributed by atoms with van der Waals surface area (Å²) in [4.78, 5) is 15.5. The van der Waals surface area contributed by atoms with Crippen LogP contribution in [0.15, 0.2) is 42.5 Å². The first-order valence-electron chi connectivity index (χ1n) is 11.1. The molecule has 6 nitrogen and oxygen atoms in total. The van der Waals surface area contributed by atoms with Crippen LogP contribution in [0.1, 0.15) is 48.3 Å². The van der Waals surface area contributed by atoms with Gasteiger partial charge in [-0.2, -0.15) is 5.10 Å². The highest BCUT2D eigenvalue weighted by Crippen LogP contribution is 2.34. The summed E-state index contributed by atoms with van der Waals surface area (Å²) in [5, 5.41) is 4.89. The van der Waals surface area contributed by atoms with Gasteiger partial charge in [0.25, 0.3) is 5.91 Å². The highest BCUT2D eigenvalue weighted by atomic mass is 16.5. The van der Waals surface area contributed by atoms with Gasteiger partial charge in [-0.05, 0) is 62.1 Å². The largest absolute Gasteiger partial charge is 0.497 e. The van der Waals surface area contributed by atoms with E-state index in [9.17, 15) is 4.79 Å². The van der Waals surface area contributed by atoms with Crippen LogP contribution in [0.25, 0.3) is 16.9 Å². The van der Waals surface area contributed by atoms with Crippen LogP contribution in [-0.2, 0) is 0 Å². The second-order valence-electron chi connectivity index (χ2n) is 7.97. The van der Waals surface area contributed by atoms with Gasteiger partial charge in [-0.1, -0.05) is 26.0 Å². The smallest absolute Gasteiger partial charge is 0.272 e. The number of hydrogen-bond acceptors (Lipinski definition) is 4. The van der Waals surface area contributed by atoms with Crippen LogP contribution in [0.5, 0.6) is 11.5 Å². The fourth-order valence-electron chi connectivity index (χ4n) is 3.82. The van der Waals surface area contributed by atoms with Crippen molar-refractivity contribution in [3.05, 3.63) is 59.3 Å². The zero-order valence-electron chi connectivity index (χ0n) is 19.9. The molecule has 0 N–H and O–H groups in total. The molecule has 3 aromatic rings. The van der Waals surface area contributed by atoms with Gasteiger partial charge < -0.3 is 14.4 Å². The molecular formula is C26H33N3O3. The Kier molecular flexibility index (Phi) is 7.57. The Morgan fingerprint density at radius 1 is 0.969 bits per heavy atom. The summed E-state index contributed by atoms with van der Waals surface area (Å²) in [5.41, 5.74) is 5.11. The summed E-state index contributed by atoms with van der Waals surface area (Å²) >= 11 is 0. The summed E-state index contributed by atoms with van der Waals surface area (Å²) < 4.78 is 12.7. The Hall–Kier alpha value is -3.28. The molecule has 32 heavy (non-hydrogen) atoms. The number of benzene rings is 2. The Labute approximate surface area is 190 Å². The highest BCUT2D eigenvalue weighted by molar-refractivity contribution is 5.94. The summed E-state index contributed by atoms with van der Waals surface area (Å²) in [6, 6.07) is 13.7. The van der Waals surface area contributed by atoms with Crippen LogP contribution >= 0.6 is 0 Å².